The molecule has 1 aliphatic heterocycles. The molecule has 0 amide bonds. The number of fused-ring (bicyclic) bond motifs is 1. The van der Waals surface area contributed by atoms with Gasteiger partial charge >= 0.3 is 0 Å². The van der Waals surface area contributed by atoms with E-state index < -0.39 is 0 Å². The minimum absolute atomic E-state index is 0.403. The highest BCUT2D eigenvalue weighted by Crippen LogP contribution is 2.34. The quantitative estimate of drug-likeness (QED) is 0.693. The molecule has 0 bridgehead atoms. The number of rotatable bonds is 1. The normalized spacial score (nSPS) is 25.6. The summed E-state index contributed by atoms with van der Waals surface area (Å²) in [6, 6.07) is 0.512. The largest absolute Gasteiger partial charge is 0.368 e. The van der Waals surface area contributed by atoms with E-state index in [-0.39, 0.29) is 0 Å². The van der Waals surface area contributed by atoms with Crippen LogP contribution in [0.2, 0.25) is 0 Å². The smallest absolute Gasteiger partial charge is 0.220 e. The van der Waals surface area contributed by atoms with E-state index in [9.17, 15) is 0 Å². The molecule has 5 nitrogen and oxygen atoms in total. The standard InChI is InChI=1S/C11H17N5/c12-11-14-7-8-9(15-11)1-2-10(8)16-5-3-13-4-6-16/h7,10,13H,1-6H2,(H2,12,14,15). The van der Waals surface area contributed by atoms with Crippen LogP contribution in [0.15, 0.2) is 6.20 Å². The SMILES string of the molecule is Nc1ncc2c(n1)CCC2N1CCNCC1. The second-order valence-electron chi connectivity index (χ2n) is 4.47. The van der Waals surface area contributed by atoms with Gasteiger partial charge in [-0.3, -0.25) is 4.90 Å². The van der Waals surface area contributed by atoms with E-state index in [1.54, 1.807) is 0 Å². The molecule has 1 fully saturated rings. The van der Waals surface area contributed by atoms with Crippen molar-refractivity contribution >= 4 is 5.95 Å². The maximum absolute atomic E-state index is 5.61. The Bertz CT molecular complexity index is 386. The van der Waals surface area contributed by atoms with Crippen molar-refractivity contribution in [3.05, 3.63) is 17.5 Å². The molecule has 1 atom stereocenters. The van der Waals surface area contributed by atoms with E-state index in [4.69, 9.17) is 5.73 Å². The summed E-state index contributed by atoms with van der Waals surface area (Å²) in [4.78, 5) is 11.0. The van der Waals surface area contributed by atoms with Gasteiger partial charge in [0.2, 0.25) is 5.95 Å². The van der Waals surface area contributed by atoms with E-state index in [0.29, 0.717) is 12.0 Å². The fourth-order valence-electron chi connectivity index (χ4n) is 2.72. The number of nitrogens with two attached hydrogens (primary N) is 1. The Kier molecular flexibility index (Phi) is 2.49. The molecular formula is C11H17N5. The molecule has 0 aromatic carbocycles. The first kappa shape index (κ1) is 9.99. The maximum Gasteiger partial charge on any atom is 0.220 e. The fourth-order valence-corrected chi connectivity index (χ4v) is 2.72. The van der Waals surface area contributed by atoms with Crippen LogP contribution in [0, 0.1) is 0 Å². The van der Waals surface area contributed by atoms with Gasteiger partial charge in [0.05, 0.1) is 5.69 Å². The molecular weight excluding hydrogens is 202 g/mol. The Morgan fingerprint density at radius 1 is 1.38 bits per heavy atom. The number of nitrogens with one attached hydrogen (secondary N) is 1. The topological polar surface area (TPSA) is 67.1 Å². The monoisotopic (exact) mass is 219 g/mol. The molecule has 86 valence electrons. The lowest BCUT2D eigenvalue weighted by atomic mass is 10.1. The number of anilines is 1. The first-order valence-electron chi connectivity index (χ1n) is 5.90. The molecule has 0 radical (unpaired) electrons. The molecule has 1 aromatic heterocycles. The number of aryl methyl sites for hydroxylation is 1. The van der Waals surface area contributed by atoms with E-state index in [1.165, 1.54) is 5.56 Å². The lowest BCUT2D eigenvalue weighted by Gasteiger charge is -2.32. The Hall–Kier alpha value is -1.20. The number of hydrogen-bond acceptors (Lipinski definition) is 5. The highest BCUT2D eigenvalue weighted by molar-refractivity contribution is 5.31. The number of nitrogens with zero attached hydrogens (tertiary/aromatic N) is 3. The molecule has 1 unspecified atom stereocenters. The third kappa shape index (κ3) is 1.66. The van der Waals surface area contributed by atoms with Crippen LogP contribution in [0.1, 0.15) is 23.7 Å². The molecule has 1 aromatic rings. The van der Waals surface area contributed by atoms with E-state index in [0.717, 1.165) is 44.7 Å². The Morgan fingerprint density at radius 3 is 3.00 bits per heavy atom. The Labute approximate surface area is 95.1 Å². The summed E-state index contributed by atoms with van der Waals surface area (Å²) in [5, 5.41) is 3.38. The zero-order valence-corrected chi connectivity index (χ0v) is 9.32. The minimum Gasteiger partial charge on any atom is -0.368 e. The first-order chi connectivity index (χ1) is 7.84. The summed E-state index contributed by atoms with van der Waals surface area (Å²) in [5.74, 6) is 0.403. The lowest BCUT2D eigenvalue weighted by molar-refractivity contribution is 0.173. The molecule has 1 saturated heterocycles. The maximum atomic E-state index is 5.61. The van der Waals surface area contributed by atoms with Gasteiger partial charge in [-0.1, -0.05) is 0 Å². The first-order valence-corrected chi connectivity index (χ1v) is 5.90. The molecule has 0 spiro atoms. The molecule has 16 heavy (non-hydrogen) atoms. The molecule has 3 rings (SSSR count). The van der Waals surface area contributed by atoms with Gasteiger partial charge in [-0.15, -0.1) is 0 Å². The van der Waals surface area contributed by atoms with Gasteiger partial charge in [0.1, 0.15) is 0 Å². The van der Waals surface area contributed by atoms with Crippen molar-refractivity contribution in [2.75, 3.05) is 31.9 Å². The Balaban J connectivity index is 1.84. The highest BCUT2D eigenvalue weighted by atomic mass is 15.2. The Morgan fingerprint density at radius 2 is 2.19 bits per heavy atom. The summed E-state index contributed by atoms with van der Waals surface area (Å²) in [6.07, 6.45) is 4.11. The fraction of sp³-hybridized carbons (Fsp3) is 0.636. The van der Waals surface area contributed by atoms with Crippen molar-refractivity contribution in [1.82, 2.24) is 20.2 Å². The van der Waals surface area contributed by atoms with Crippen molar-refractivity contribution in [3.8, 4) is 0 Å². The number of nitrogen functional groups attached to an aromatic ring is 1. The summed E-state index contributed by atoms with van der Waals surface area (Å²) in [7, 11) is 0. The predicted molar refractivity (Wildman–Crippen MR) is 61.9 cm³/mol. The van der Waals surface area contributed by atoms with E-state index in [2.05, 4.69) is 20.2 Å². The van der Waals surface area contributed by atoms with Crippen LogP contribution < -0.4 is 11.1 Å². The zero-order chi connectivity index (χ0) is 11.0. The van der Waals surface area contributed by atoms with Gasteiger partial charge in [0, 0.05) is 44.0 Å². The third-order valence-corrected chi connectivity index (χ3v) is 3.52. The van der Waals surface area contributed by atoms with Gasteiger partial charge < -0.3 is 11.1 Å². The van der Waals surface area contributed by atoms with Gasteiger partial charge in [0.15, 0.2) is 0 Å². The van der Waals surface area contributed by atoms with E-state index in [1.807, 2.05) is 6.20 Å². The van der Waals surface area contributed by atoms with Gasteiger partial charge in [-0.2, -0.15) is 0 Å². The summed E-state index contributed by atoms with van der Waals surface area (Å²) < 4.78 is 0. The molecule has 5 heteroatoms. The molecule has 3 N–H and O–H groups in total. The summed E-state index contributed by atoms with van der Waals surface area (Å²) in [5.41, 5.74) is 8.05. The zero-order valence-electron chi connectivity index (χ0n) is 9.32. The van der Waals surface area contributed by atoms with Gasteiger partial charge in [-0.05, 0) is 12.8 Å². The van der Waals surface area contributed by atoms with Crippen molar-refractivity contribution in [1.29, 1.82) is 0 Å². The van der Waals surface area contributed by atoms with Crippen molar-refractivity contribution < 1.29 is 0 Å². The predicted octanol–water partition coefficient (Wildman–Crippen LogP) is -0.0487. The second-order valence-corrected chi connectivity index (χ2v) is 4.47. The molecule has 2 heterocycles. The van der Waals surface area contributed by atoms with Crippen LogP contribution in [-0.4, -0.2) is 41.0 Å². The van der Waals surface area contributed by atoms with Gasteiger partial charge in [-0.25, -0.2) is 9.97 Å². The average Bonchev–Trinajstić information content (AvgIpc) is 2.73. The minimum atomic E-state index is 0.403. The average molecular weight is 219 g/mol. The second kappa shape index (κ2) is 3.99. The molecule has 1 aliphatic carbocycles. The van der Waals surface area contributed by atoms with Gasteiger partial charge in [0.25, 0.3) is 0 Å². The van der Waals surface area contributed by atoms with Crippen LogP contribution in [0.5, 0.6) is 0 Å². The van der Waals surface area contributed by atoms with Crippen LogP contribution >= 0.6 is 0 Å². The summed E-state index contributed by atoms with van der Waals surface area (Å²) >= 11 is 0. The number of aromatic nitrogens is 2. The number of hydrogen-bond donors (Lipinski definition) is 2. The van der Waals surface area contributed by atoms with Crippen LogP contribution in [-0.2, 0) is 6.42 Å². The van der Waals surface area contributed by atoms with Crippen LogP contribution in [0.3, 0.4) is 0 Å². The molecule has 2 aliphatic rings. The van der Waals surface area contributed by atoms with Crippen LogP contribution in [0.25, 0.3) is 0 Å². The third-order valence-electron chi connectivity index (χ3n) is 3.52. The van der Waals surface area contributed by atoms with Crippen molar-refractivity contribution in [2.24, 2.45) is 0 Å². The molecule has 0 saturated carbocycles. The van der Waals surface area contributed by atoms with E-state index >= 15 is 0 Å². The number of piperazine rings is 1. The summed E-state index contributed by atoms with van der Waals surface area (Å²) in [6.45, 7) is 4.41. The van der Waals surface area contributed by atoms with Crippen LogP contribution in [0.4, 0.5) is 5.95 Å². The highest BCUT2D eigenvalue weighted by Gasteiger charge is 2.29. The van der Waals surface area contributed by atoms with Crippen molar-refractivity contribution in [3.63, 3.8) is 0 Å². The van der Waals surface area contributed by atoms with Crippen molar-refractivity contribution in [2.45, 2.75) is 18.9 Å². The lowest BCUT2D eigenvalue weighted by Crippen LogP contribution is -2.44.